The summed E-state index contributed by atoms with van der Waals surface area (Å²) in [4.78, 5) is 27.2. The summed E-state index contributed by atoms with van der Waals surface area (Å²) in [7, 11) is 1.53. The molecule has 1 aliphatic rings. The van der Waals surface area contributed by atoms with Crippen LogP contribution in [0.3, 0.4) is 0 Å². The van der Waals surface area contributed by atoms with Crippen LogP contribution < -0.4 is 21.1 Å². The van der Waals surface area contributed by atoms with Crippen molar-refractivity contribution >= 4 is 39.8 Å². The normalized spacial score (nSPS) is 12.9. The lowest BCUT2D eigenvalue weighted by Crippen LogP contribution is -2.19. The molecule has 0 spiro atoms. The van der Waals surface area contributed by atoms with E-state index < -0.39 is 5.91 Å². The van der Waals surface area contributed by atoms with E-state index in [1.165, 1.54) is 12.0 Å². The number of fused-ring (bicyclic) bond motifs is 2. The average Bonchev–Trinajstić information content (AvgIpc) is 3.44. The lowest BCUT2D eigenvalue weighted by molar-refractivity contribution is 0.100. The van der Waals surface area contributed by atoms with Gasteiger partial charge in [0.25, 0.3) is 5.91 Å². The number of benzene rings is 1. The molecule has 4 N–H and O–H groups in total. The van der Waals surface area contributed by atoms with Crippen LogP contribution in [0.2, 0.25) is 0 Å². The van der Waals surface area contributed by atoms with Crippen molar-refractivity contribution in [2.24, 2.45) is 5.73 Å². The van der Waals surface area contributed by atoms with Gasteiger partial charge < -0.3 is 21.1 Å². The summed E-state index contributed by atoms with van der Waals surface area (Å²) in [6, 6.07) is 9.65. The van der Waals surface area contributed by atoms with Crippen molar-refractivity contribution in [3.05, 3.63) is 51.8 Å². The van der Waals surface area contributed by atoms with Crippen LogP contribution in [0.1, 0.15) is 27.3 Å². The minimum Gasteiger partial charge on any atom is -0.468 e. The van der Waals surface area contributed by atoms with Crippen LogP contribution in [0.15, 0.2) is 35.7 Å². The topological polar surface area (TPSA) is 120 Å². The molecular formula is C21H21N7O2S. The van der Waals surface area contributed by atoms with Gasteiger partial charge in [-0.3, -0.25) is 4.79 Å². The smallest absolute Gasteiger partial charge is 0.304 e. The molecule has 10 heteroatoms. The molecule has 4 aromatic rings. The Morgan fingerprint density at radius 3 is 2.97 bits per heavy atom. The molecule has 3 aromatic heterocycles. The number of nitrogens with one attached hydrogen (secondary N) is 2. The van der Waals surface area contributed by atoms with Gasteiger partial charge in [0.15, 0.2) is 5.82 Å². The molecule has 0 radical (unpaired) electrons. The Kier molecular flexibility index (Phi) is 4.91. The second-order valence-electron chi connectivity index (χ2n) is 7.13. The zero-order valence-corrected chi connectivity index (χ0v) is 17.7. The van der Waals surface area contributed by atoms with Crippen molar-refractivity contribution in [3.63, 3.8) is 0 Å². The number of nitrogens with zero attached hydrogens (tertiary/aromatic N) is 4. The highest BCUT2D eigenvalue weighted by atomic mass is 32.1. The van der Waals surface area contributed by atoms with Gasteiger partial charge in [0.05, 0.1) is 36.1 Å². The molecule has 1 amide bonds. The number of aromatic nitrogens is 4. The molecular weight excluding hydrogens is 414 g/mol. The quantitative estimate of drug-likeness (QED) is 0.426. The molecule has 0 saturated heterocycles. The fourth-order valence-electron chi connectivity index (χ4n) is 3.75. The molecule has 31 heavy (non-hydrogen) atoms. The summed E-state index contributed by atoms with van der Waals surface area (Å²) >= 11 is 1.69. The highest BCUT2D eigenvalue weighted by Gasteiger charge is 2.23. The molecule has 0 fully saturated rings. The zero-order chi connectivity index (χ0) is 21.4. The maximum Gasteiger partial charge on any atom is 0.304 e. The number of imidazole rings is 1. The zero-order valence-electron chi connectivity index (χ0n) is 16.9. The van der Waals surface area contributed by atoms with E-state index in [0.717, 1.165) is 36.6 Å². The first-order valence-electron chi connectivity index (χ1n) is 9.92. The highest BCUT2D eigenvalue weighted by Crippen LogP contribution is 2.32. The monoisotopic (exact) mass is 435 g/mol. The van der Waals surface area contributed by atoms with E-state index in [-0.39, 0.29) is 6.01 Å². The molecule has 158 valence electrons. The van der Waals surface area contributed by atoms with Gasteiger partial charge in [0.1, 0.15) is 5.52 Å². The number of hydrogen-bond acceptors (Lipinski definition) is 8. The number of nitrogens with two attached hydrogens (primary N) is 1. The van der Waals surface area contributed by atoms with Crippen molar-refractivity contribution < 1.29 is 9.53 Å². The number of amides is 1. The lowest BCUT2D eigenvalue weighted by Gasteiger charge is -2.21. The number of thiophene rings is 1. The third kappa shape index (κ3) is 3.44. The van der Waals surface area contributed by atoms with Crippen LogP contribution in [0, 0.1) is 0 Å². The molecule has 1 aromatic carbocycles. The lowest BCUT2D eigenvalue weighted by atomic mass is 10.1. The summed E-state index contributed by atoms with van der Waals surface area (Å²) < 4.78 is 7.22. The Labute approximate surface area is 182 Å². The van der Waals surface area contributed by atoms with E-state index in [0.29, 0.717) is 29.1 Å². The number of para-hydroxylation sites is 1. The van der Waals surface area contributed by atoms with Gasteiger partial charge in [-0.2, -0.15) is 9.97 Å². The molecule has 0 atom stereocenters. The van der Waals surface area contributed by atoms with Crippen LogP contribution in [-0.2, 0) is 13.0 Å². The van der Waals surface area contributed by atoms with E-state index in [9.17, 15) is 4.79 Å². The third-order valence-corrected chi connectivity index (χ3v) is 6.05. The van der Waals surface area contributed by atoms with Crippen molar-refractivity contribution in [3.8, 4) is 12.0 Å². The Hall–Kier alpha value is -3.66. The number of rotatable bonds is 6. The molecule has 0 saturated carbocycles. The minimum absolute atomic E-state index is 0.289. The van der Waals surface area contributed by atoms with E-state index in [1.807, 2.05) is 12.1 Å². The Balaban J connectivity index is 1.66. The van der Waals surface area contributed by atoms with Crippen molar-refractivity contribution in [2.75, 3.05) is 24.3 Å². The standard InChI is InChI=1S/C21H21N7O2S/c1-30-21-26-16-13(18(22)29)6-2-8-15(16)28(21)20-25-14-7-3-9-23-17(14)19(27-20)24-11-12-5-4-10-31-12/h2,4-6,8,10,23H,3,7,9,11H2,1H3,(H2,22,29)(H,24,25,27). The van der Waals surface area contributed by atoms with E-state index in [2.05, 4.69) is 27.1 Å². The Morgan fingerprint density at radius 2 is 2.19 bits per heavy atom. The first-order valence-corrected chi connectivity index (χ1v) is 10.8. The second-order valence-corrected chi connectivity index (χ2v) is 8.16. The number of carbonyl (C=O) groups is 1. The van der Waals surface area contributed by atoms with E-state index in [4.69, 9.17) is 20.4 Å². The van der Waals surface area contributed by atoms with Gasteiger partial charge in [-0.25, -0.2) is 9.55 Å². The summed E-state index contributed by atoms with van der Waals surface area (Å²) in [5.41, 5.74) is 8.83. The van der Waals surface area contributed by atoms with Crippen molar-refractivity contribution in [1.29, 1.82) is 0 Å². The summed E-state index contributed by atoms with van der Waals surface area (Å²) in [5.74, 6) is 0.604. The van der Waals surface area contributed by atoms with Gasteiger partial charge in [0.2, 0.25) is 5.95 Å². The van der Waals surface area contributed by atoms with Crippen LogP contribution in [-0.4, -0.2) is 39.1 Å². The van der Waals surface area contributed by atoms with Crippen molar-refractivity contribution in [1.82, 2.24) is 19.5 Å². The predicted molar refractivity (Wildman–Crippen MR) is 120 cm³/mol. The van der Waals surface area contributed by atoms with Gasteiger partial charge in [-0.1, -0.05) is 12.1 Å². The van der Waals surface area contributed by atoms with Crippen molar-refractivity contribution in [2.45, 2.75) is 19.4 Å². The van der Waals surface area contributed by atoms with Crippen LogP contribution in [0.25, 0.3) is 17.0 Å². The predicted octanol–water partition coefficient (Wildman–Crippen LogP) is 2.95. The first kappa shape index (κ1) is 19.3. The van der Waals surface area contributed by atoms with Gasteiger partial charge in [-0.15, -0.1) is 11.3 Å². The largest absolute Gasteiger partial charge is 0.468 e. The molecule has 9 nitrogen and oxygen atoms in total. The van der Waals surface area contributed by atoms with E-state index >= 15 is 0 Å². The highest BCUT2D eigenvalue weighted by molar-refractivity contribution is 7.09. The summed E-state index contributed by atoms with van der Waals surface area (Å²) in [5, 5.41) is 8.91. The molecule has 0 unspecified atom stereocenters. The number of hydrogen-bond donors (Lipinski definition) is 3. The molecule has 4 heterocycles. The second kappa shape index (κ2) is 7.88. The maximum atomic E-state index is 11.9. The maximum absolute atomic E-state index is 11.9. The van der Waals surface area contributed by atoms with Gasteiger partial charge in [-0.05, 0) is 36.4 Å². The number of primary amides is 1. The summed E-state index contributed by atoms with van der Waals surface area (Å²) in [6.45, 7) is 1.54. The Bertz CT molecular complexity index is 1270. The molecule has 5 rings (SSSR count). The first-order chi connectivity index (χ1) is 15.2. The van der Waals surface area contributed by atoms with Crippen LogP contribution in [0.5, 0.6) is 6.01 Å². The van der Waals surface area contributed by atoms with Crippen LogP contribution in [0.4, 0.5) is 11.5 Å². The number of ether oxygens (including phenoxy) is 1. The number of aryl methyl sites for hydroxylation is 1. The average molecular weight is 436 g/mol. The fourth-order valence-corrected chi connectivity index (χ4v) is 4.39. The van der Waals surface area contributed by atoms with E-state index in [1.54, 1.807) is 28.0 Å². The molecule has 0 aliphatic carbocycles. The van der Waals surface area contributed by atoms with Gasteiger partial charge >= 0.3 is 6.01 Å². The fraction of sp³-hybridized carbons (Fsp3) is 0.238. The number of anilines is 2. The SMILES string of the molecule is COc1nc2c(C(N)=O)cccc2n1-c1nc2c(c(NCc3cccs3)n1)NCCC2. The van der Waals surface area contributed by atoms with Gasteiger partial charge in [0, 0.05) is 11.4 Å². The number of methoxy groups -OCH3 is 1. The van der Waals surface area contributed by atoms with Crippen LogP contribution >= 0.6 is 11.3 Å². The Morgan fingerprint density at radius 1 is 1.29 bits per heavy atom. The molecule has 0 bridgehead atoms. The minimum atomic E-state index is -0.549. The summed E-state index contributed by atoms with van der Waals surface area (Å²) in [6.07, 6.45) is 1.83. The molecule has 1 aliphatic heterocycles. The third-order valence-electron chi connectivity index (χ3n) is 5.18. The number of carbonyl (C=O) groups excluding carboxylic acids is 1.